The van der Waals surface area contributed by atoms with E-state index in [1.807, 2.05) is 12.1 Å². The van der Waals surface area contributed by atoms with Crippen LogP contribution in [0.2, 0.25) is 5.02 Å². The molecule has 1 aromatic rings. The average molecular weight is 283 g/mol. The number of ether oxygens (including phenoxy) is 1. The van der Waals surface area contributed by atoms with Crippen LogP contribution in [0.25, 0.3) is 0 Å². The van der Waals surface area contributed by atoms with Crippen LogP contribution in [0, 0.1) is 5.92 Å². The standard InChI is InChI=1S/C14H19ClN2O2/c1-10(11-6-7-19-9-11)16-8-14(18)17-13-5-3-2-4-12(13)15/h2-5,10-11,16H,6-9H2,1H3,(H,17,18). The highest BCUT2D eigenvalue weighted by Crippen LogP contribution is 2.20. The molecular formula is C14H19ClN2O2. The lowest BCUT2D eigenvalue weighted by Gasteiger charge is -2.19. The average Bonchev–Trinajstić information content (AvgIpc) is 2.93. The van der Waals surface area contributed by atoms with E-state index in [-0.39, 0.29) is 18.5 Å². The molecule has 1 saturated heterocycles. The molecule has 0 aromatic heterocycles. The Bertz CT molecular complexity index is 433. The van der Waals surface area contributed by atoms with E-state index in [0.717, 1.165) is 19.6 Å². The molecule has 1 amide bonds. The Balaban J connectivity index is 1.77. The Morgan fingerprint density at radius 3 is 3.00 bits per heavy atom. The molecule has 0 aliphatic carbocycles. The predicted molar refractivity (Wildman–Crippen MR) is 76.5 cm³/mol. The number of carbonyl (C=O) groups is 1. The summed E-state index contributed by atoms with van der Waals surface area (Å²) in [6.45, 7) is 3.97. The number of nitrogens with one attached hydrogen (secondary N) is 2. The van der Waals surface area contributed by atoms with Crippen LogP contribution in [-0.2, 0) is 9.53 Å². The predicted octanol–water partition coefficient (Wildman–Crippen LogP) is 2.29. The van der Waals surface area contributed by atoms with Crippen LogP contribution in [0.5, 0.6) is 0 Å². The van der Waals surface area contributed by atoms with Crippen molar-refractivity contribution in [2.45, 2.75) is 19.4 Å². The molecule has 0 saturated carbocycles. The van der Waals surface area contributed by atoms with Crippen molar-refractivity contribution in [1.82, 2.24) is 5.32 Å². The quantitative estimate of drug-likeness (QED) is 0.871. The van der Waals surface area contributed by atoms with Gasteiger partial charge in [0.15, 0.2) is 0 Å². The summed E-state index contributed by atoms with van der Waals surface area (Å²) in [5.74, 6) is 0.409. The van der Waals surface area contributed by atoms with E-state index in [4.69, 9.17) is 16.3 Å². The Labute approximate surface area is 118 Å². The summed E-state index contributed by atoms with van der Waals surface area (Å²) in [6, 6.07) is 7.49. The molecule has 1 heterocycles. The number of benzene rings is 1. The van der Waals surface area contributed by atoms with Crippen LogP contribution in [0.15, 0.2) is 24.3 Å². The van der Waals surface area contributed by atoms with Gasteiger partial charge in [-0.25, -0.2) is 0 Å². The maximum absolute atomic E-state index is 11.8. The van der Waals surface area contributed by atoms with Crippen LogP contribution in [0.3, 0.4) is 0 Å². The van der Waals surface area contributed by atoms with Gasteiger partial charge in [0.25, 0.3) is 0 Å². The fourth-order valence-corrected chi connectivity index (χ4v) is 2.31. The summed E-state index contributed by atoms with van der Waals surface area (Å²) in [5, 5.41) is 6.57. The van der Waals surface area contributed by atoms with Crippen LogP contribution in [-0.4, -0.2) is 31.7 Å². The monoisotopic (exact) mass is 282 g/mol. The van der Waals surface area contributed by atoms with Gasteiger partial charge in [0.1, 0.15) is 0 Å². The van der Waals surface area contributed by atoms with Crippen LogP contribution < -0.4 is 10.6 Å². The molecule has 5 heteroatoms. The lowest BCUT2D eigenvalue weighted by Crippen LogP contribution is -2.39. The summed E-state index contributed by atoms with van der Waals surface area (Å²) >= 11 is 5.98. The molecule has 0 bridgehead atoms. The normalized spacial score (nSPS) is 20.2. The number of anilines is 1. The summed E-state index contributed by atoms with van der Waals surface area (Å²) < 4.78 is 5.34. The number of hydrogen-bond acceptors (Lipinski definition) is 3. The van der Waals surface area contributed by atoms with Crippen molar-refractivity contribution in [2.24, 2.45) is 5.92 Å². The van der Waals surface area contributed by atoms with Crippen LogP contribution in [0.1, 0.15) is 13.3 Å². The second-order valence-electron chi connectivity index (χ2n) is 4.82. The molecule has 1 aliphatic heterocycles. The van der Waals surface area contributed by atoms with Crippen molar-refractivity contribution >= 4 is 23.2 Å². The van der Waals surface area contributed by atoms with Gasteiger partial charge in [0, 0.05) is 12.6 Å². The first kappa shape index (κ1) is 14.3. The number of para-hydroxylation sites is 1. The Morgan fingerprint density at radius 2 is 2.32 bits per heavy atom. The molecule has 19 heavy (non-hydrogen) atoms. The first-order chi connectivity index (χ1) is 9.16. The lowest BCUT2D eigenvalue weighted by atomic mass is 10.0. The molecule has 2 unspecified atom stereocenters. The van der Waals surface area contributed by atoms with Gasteiger partial charge in [0.2, 0.25) is 5.91 Å². The third kappa shape index (κ3) is 4.20. The SMILES string of the molecule is CC(NCC(=O)Nc1ccccc1Cl)C1CCOC1. The third-order valence-corrected chi connectivity index (χ3v) is 3.73. The largest absolute Gasteiger partial charge is 0.381 e. The maximum atomic E-state index is 11.8. The van der Waals surface area contributed by atoms with Crippen molar-refractivity contribution in [3.05, 3.63) is 29.3 Å². The molecule has 0 radical (unpaired) electrons. The minimum absolute atomic E-state index is 0.0844. The minimum Gasteiger partial charge on any atom is -0.381 e. The first-order valence-electron chi connectivity index (χ1n) is 6.52. The number of halogens is 1. The number of rotatable bonds is 5. The molecular weight excluding hydrogens is 264 g/mol. The molecule has 104 valence electrons. The summed E-state index contributed by atoms with van der Waals surface area (Å²) in [7, 11) is 0. The first-order valence-corrected chi connectivity index (χ1v) is 6.90. The fraction of sp³-hybridized carbons (Fsp3) is 0.500. The zero-order chi connectivity index (χ0) is 13.7. The van der Waals surface area contributed by atoms with Gasteiger partial charge in [-0.2, -0.15) is 0 Å². The molecule has 4 nitrogen and oxygen atoms in total. The lowest BCUT2D eigenvalue weighted by molar-refractivity contribution is -0.115. The van der Waals surface area contributed by atoms with Gasteiger partial charge in [-0.15, -0.1) is 0 Å². The Hall–Kier alpha value is -1.10. The highest BCUT2D eigenvalue weighted by atomic mass is 35.5. The molecule has 0 spiro atoms. The van der Waals surface area contributed by atoms with E-state index in [2.05, 4.69) is 17.6 Å². The maximum Gasteiger partial charge on any atom is 0.238 e. The van der Waals surface area contributed by atoms with E-state index in [0.29, 0.717) is 16.6 Å². The smallest absolute Gasteiger partial charge is 0.238 e. The molecule has 1 fully saturated rings. The number of carbonyl (C=O) groups excluding carboxylic acids is 1. The zero-order valence-electron chi connectivity index (χ0n) is 11.0. The van der Waals surface area contributed by atoms with Gasteiger partial charge in [-0.3, -0.25) is 4.79 Å². The second kappa shape index (κ2) is 6.89. The van der Waals surface area contributed by atoms with Gasteiger partial charge >= 0.3 is 0 Å². The molecule has 1 aliphatic rings. The van der Waals surface area contributed by atoms with Crippen molar-refractivity contribution in [3.63, 3.8) is 0 Å². The molecule has 2 N–H and O–H groups in total. The topological polar surface area (TPSA) is 50.4 Å². The number of hydrogen-bond donors (Lipinski definition) is 2. The van der Waals surface area contributed by atoms with Crippen molar-refractivity contribution < 1.29 is 9.53 Å². The van der Waals surface area contributed by atoms with Crippen LogP contribution in [0.4, 0.5) is 5.69 Å². The van der Waals surface area contributed by atoms with E-state index in [9.17, 15) is 4.79 Å². The highest BCUT2D eigenvalue weighted by Gasteiger charge is 2.22. The summed E-state index contributed by atoms with van der Waals surface area (Å²) in [4.78, 5) is 11.8. The number of amides is 1. The van der Waals surface area contributed by atoms with E-state index in [1.54, 1.807) is 12.1 Å². The van der Waals surface area contributed by atoms with E-state index < -0.39 is 0 Å². The molecule has 1 aromatic carbocycles. The summed E-state index contributed by atoms with van der Waals surface area (Å²) in [5.41, 5.74) is 0.646. The van der Waals surface area contributed by atoms with E-state index >= 15 is 0 Å². The van der Waals surface area contributed by atoms with Gasteiger partial charge < -0.3 is 15.4 Å². The van der Waals surface area contributed by atoms with E-state index in [1.165, 1.54) is 0 Å². The molecule has 2 rings (SSSR count). The fourth-order valence-electron chi connectivity index (χ4n) is 2.12. The summed E-state index contributed by atoms with van der Waals surface area (Å²) in [6.07, 6.45) is 1.06. The Morgan fingerprint density at radius 1 is 1.53 bits per heavy atom. The Kier molecular flexibility index (Phi) is 5.19. The minimum atomic E-state index is -0.0844. The second-order valence-corrected chi connectivity index (χ2v) is 5.23. The molecule has 2 atom stereocenters. The van der Waals surface area contributed by atoms with Gasteiger partial charge in [0.05, 0.1) is 23.9 Å². The van der Waals surface area contributed by atoms with Gasteiger partial charge in [-0.05, 0) is 31.4 Å². The zero-order valence-corrected chi connectivity index (χ0v) is 11.7. The van der Waals surface area contributed by atoms with Crippen molar-refractivity contribution in [1.29, 1.82) is 0 Å². The van der Waals surface area contributed by atoms with Crippen molar-refractivity contribution in [2.75, 3.05) is 25.1 Å². The van der Waals surface area contributed by atoms with Crippen LogP contribution >= 0.6 is 11.6 Å². The van der Waals surface area contributed by atoms with Crippen molar-refractivity contribution in [3.8, 4) is 0 Å². The highest BCUT2D eigenvalue weighted by molar-refractivity contribution is 6.33. The van der Waals surface area contributed by atoms with Gasteiger partial charge in [-0.1, -0.05) is 23.7 Å². The third-order valence-electron chi connectivity index (χ3n) is 3.40.